The number of nitrogens with one attached hydrogen (secondary N) is 2. The van der Waals surface area contributed by atoms with Crippen LogP contribution in [0.2, 0.25) is 10.0 Å². The number of aliphatic hydroxyl groups excluding tert-OH is 1. The van der Waals surface area contributed by atoms with Gasteiger partial charge in [0.2, 0.25) is 5.91 Å². The molecule has 182 valence electrons. The van der Waals surface area contributed by atoms with Crippen molar-refractivity contribution in [1.29, 1.82) is 5.26 Å². The van der Waals surface area contributed by atoms with Crippen molar-refractivity contribution in [2.45, 2.75) is 63.5 Å². The van der Waals surface area contributed by atoms with Gasteiger partial charge >= 0.3 is 0 Å². The molecule has 2 aromatic rings. The van der Waals surface area contributed by atoms with E-state index in [4.69, 9.17) is 23.2 Å². The van der Waals surface area contributed by atoms with Crippen LogP contribution in [-0.4, -0.2) is 35.7 Å². The molecule has 4 atom stereocenters. The molecule has 0 bridgehead atoms. The van der Waals surface area contributed by atoms with E-state index in [0.29, 0.717) is 29.4 Å². The van der Waals surface area contributed by atoms with Crippen LogP contribution >= 0.6 is 23.2 Å². The second-order valence-corrected chi connectivity index (χ2v) is 11.3. The molecule has 1 amide bonds. The van der Waals surface area contributed by atoms with Gasteiger partial charge in [0, 0.05) is 35.2 Å². The van der Waals surface area contributed by atoms with Crippen molar-refractivity contribution < 1.29 is 9.90 Å². The molecule has 4 unspecified atom stereocenters. The summed E-state index contributed by atoms with van der Waals surface area (Å²) >= 11 is 12.6. The molecule has 5 nitrogen and oxygen atoms in total. The SMILES string of the molecule is CC(C)(C)CC1NC(C)(C(=O)NCCCO)C(c2cccc(Cl)c2)C1(C#N)c1ccc(Cl)cc1. The fraction of sp³-hybridized carbons (Fsp3) is 0.481. The van der Waals surface area contributed by atoms with E-state index in [9.17, 15) is 15.2 Å². The second kappa shape index (κ2) is 10.3. The van der Waals surface area contributed by atoms with Crippen LogP contribution in [0.1, 0.15) is 57.6 Å². The highest BCUT2D eigenvalue weighted by atomic mass is 35.5. The first kappa shape index (κ1) is 26.5. The Bertz CT molecular complexity index is 1060. The molecule has 1 heterocycles. The maximum atomic E-state index is 13.7. The first-order valence-corrected chi connectivity index (χ1v) is 12.3. The van der Waals surface area contributed by atoms with Crippen molar-refractivity contribution in [3.63, 3.8) is 0 Å². The Morgan fingerprint density at radius 3 is 2.41 bits per heavy atom. The van der Waals surface area contributed by atoms with Crippen LogP contribution in [0.15, 0.2) is 48.5 Å². The highest BCUT2D eigenvalue weighted by Crippen LogP contribution is 2.55. The number of halogens is 2. The molecular weight excluding hydrogens is 469 g/mol. The van der Waals surface area contributed by atoms with Crippen LogP contribution in [0.3, 0.4) is 0 Å². The van der Waals surface area contributed by atoms with E-state index in [1.54, 1.807) is 18.2 Å². The lowest BCUT2D eigenvalue weighted by atomic mass is 9.60. The van der Waals surface area contributed by atoms with Crippen LogP contribution in [0, 0.1) is 16.7 Å². The average Bonchev–Trinajstić information content (AvgIpc) is 3.02. The number of hydrogen-bond acceptors (Lipinski definition) is 4. The summed E-state index contributed by atoms with van der Waals surface area (Å²) < 4.78 is 0. The van der Waals surface area contributed by atoms with Crippen molar-refractivity contribution >= 4 is 29.1 Å². The topological polar surface area (TPSA) is 85.2 Å². The zero-order valence-corrected chi connectivity index (χ0v) is 21.7. The number of carbonyl (C=O) groups is 1. The third-order valence-corrected chi connectivity index (χ3v) is 7.14. The lowest BCUT2D eigenvalue weighted by Crippen LogP contribution is -2.56. The summed E-state index contributed by atoms with van der Waals surface area (Å²) in [5.41, 5.74) is -0.661. The minimum absolute atomic E-state index is 0.0122. The van der Waals surface area contributed by atoms with Gasteiger partial charge in [-0.15, -0.1) is 0 Å². The van der Waals surface area contributed by atoms with Gasteiger partial charge in [-0.2, -0.15) is 5.26 Å². The highest BCUT2D eigenvalue weighted by Gasteiger charge is 2.65. The van der Waals surface area contributed by atoms with Crippen LogP contribution in [0.5, 0.6) is 0 Å². The number of nitriles is 1. The summed E-state index contributed by atoms with van der Waals surface area (Å²) in [4.78, 5) is 13.7. The lowest BCUT2D eigenvalue weighted by molar-refractivity contribution is -0.127. The van der Waals surface area contributed by atoms with Gasteiger partial charge in [-0.25, -0.2) is 0 Å². The van der Waals surface area contributed by atoms with Crippen molar-refractivity contribution in [3.05, 3.63) is 69.7 Å². The van der Waals surface area contributed by atoms with Gasteiger partial charge in [0.05, 0.1) is 6.07 Å². The molecule has 1 aliphatic rings. The Balaban J connectivity index is 2.28. The summed E-state index contributed by atoms with van der Waals surface area (Å²) in [6, 6.07) is 17.1. The zero-order chi connectivity index (χ0) is 25.1. The zero-order valence-electron chi connectivity index (χ0n) is 20.2. The molecule has 2 aromatic carbocycles. The minimum Gasteiger partial charge on any atom is -0.396 e. The summed E-state index contributed by atoms with van der Waals surface area (Å²) in [5, 5.41) is 27.8. The minimum atomic E-state index is -1.11. The molecule has 1 fully saturated rings. The normalized spacial score (nSPS) is 26.8. The molecule has 34 heavy (non-hydrogen) atoms. The molecule has 0 radical (unpaired) electrons. The van der Waals surface area contributed by atoms with Crippen molar-refractivity contribution in [1.82, 2.24) is 10.6 Å². The Hall–Kier alpha value is -2.10. The van der Waals surface area contributed by atoms with E-state index >= 15 is 0 Å². The number of hydrogen-bond donors (Lipinski definition) is 3. The quantitative estimate of drug-likeness (QED) is 0.454. The van der Waals surface area contributed by atoms with Gasteiger partial charge in [0.1, 0.15) is 11.0 Å². The van der Waals surface area contributed by atoms with E-state index in [1.165, 1.54) is 0 Å². The molecule has 3 rings (SSSR count). The first-order chi connectivity index (χ1) is 16.0. The van der Waals surface area contributed by atoms with Crippen molar-refractivity contribution in [2.24, 2.45) is 5.41 Å². The number of carbonyl (C=O) groups excluding carboxylic acids is 1. The maximum absolute atomic E-state index is 13.7. The molecule has 0 aromatic heterocycles. The first-order valence-electron chi connectivity index (χ1n) is 11.6. The lowest BCUT2D eigenvalue weighted by Gasteiger charge is -2.38. The molecular formula is C27H33Cl2N3O2. The number of rotatable bonds is 7. The smallest absolute Gasteiger partial charge is 0.240 e. The Morgan fingerprint density at radius 1 is 1.18 bits per heavy atom. The number of benzene rings is 2. The Morgan fingerprint density at radius 2 is 1.85 bits per heavy atom. The molecule has 0 saturated carbocycles. The van der Waals surface area contributed by atoms with Gasteiger partial charge in [0.15, 0.2) is 0 Å². The Labute approximate surface area is 212 Å². The van der Waals surface area contributed by atoms with E-state index in [-0.39, 0.29) is 24.0 Å². The van der Waals surface area contributed by atoms with Crippen molar-refractivity contribution in [2.75, 3.05) is 13.2 Å². The van der Waals surface area contributed by atoms with Crippen LogP contribution in [0.25, 0.3) is 0 Å². The molecule has 3 N–H and O–H groups in total. The number of nitrogens with zero attached hydrogens (tertiary/aromatic N) is 1. The van der Waals surface area contributed by atoms with E-state index in [0.717, 1.165) is 11.1 Å². The van der Waals surface area contributed by atoms with Crippen LogP contribution in [0.4, 0.5) is 0 Å². The molecule has 1 saturated heterocycles. The molecule has 0 aliphatic carbocycles. The molecule has 1 aliphatic heterocycles. The van der Waals surface area contributed by atoms with E-state index < -0.39 is 16.9 Å². The van der Waals surface area contributed by atoms with Gasteiger partial charge in [-0.05, 0) is 60.6 Å². The fourth-order valence-electron chi connectivity index (χ4n) is 5.28. The third-order valence-electron chi connectivity index (χ3n) is 6.65. The van der Waals surface area contributed by atoms with Gasteiger partial charge in [-0.3, -0.25) is 10.1 Å². The summed E-state index contributed by atoms with van der Waals surface area (Å²) in [6.07, 6.45) is 1.12. The van der Waals surface area contributed by atoms with E-state index in [2.05, 4.69) is 37.5 Å². The number of amides is 1. The Kier molecular flexibility index (Phi) is 7.99. The molecule has 0 spiro atoms. The van der Waals surface area contributed by atoms with Gasteiger partial charge in [-0.1, -0.05) is 68.2 Å². The second-order valence-electron chi connectivity index (χ2n) is 10.5. The molecule has 7 heteroatoms. The monoisotopic (exact) mass is 501 g/mol. The highest BCUT2D eigenvalue weighted by molar-refractivity contribution is 6.30. The van der Waals surface area contributed by atoms with Crippen molar-refractivity contribution in [3.8, 4) is 6.07 Å². The third kappa shape index (κ3) is 5.11. The summed E-state index contributed by atoms with van der Waals surface area (Å²) in [6.45, 7) is 8.58. The predicted molar refractivity (Wildman–Crippen MR) is 137 cm³/mol. The van der Waals surface area contributed by atoms with Crippen LogP contribution < -0.4 is 10.6 Å². The van der Waals surface area contributed by atoms with Gasteiger partial charge in [0.25, 0.3) is 0 Å². The van der Waals surface area contributed by atoms with E-state index in [1.807, 2.05) is 37.3 Å². The standard InChI is InChI=1S/C27H33Cl2N3O2/c1-25(2,3)16-22-27(17-30,19-9-11-20(28)12-10-19)23(18-7-5-8-21(29)15-18)26(4,32-22)24(34)31-13-6-14-33/h5,7-12,15,22-23,32-33H,6,13-14,16H2,1-4H3,(H,31,34). The van der Waals surface area contributed by atoms with Gasteiger partial charge < -0.3 is 10.4 Å². The summed E-state index contributed by atoms with van der Waals surface area (Å²) in [7, 11) is 0. The number of aliphatic hydroxyl groups is 1. The predicted octanol–water partition coefficient (Wildman–Crippen LogP) is 5.20. The average molecular weight is 502 g/mol. The fourth-order valence-corrected chi connectivity index (χ4v) is 5.61. The maximum Gasteiger partial charge on any atom is 0.240 e. The largest absolute Gasteiger partial charge is 0.396 e. The van der Waals surface area contributed by atoms with Crippen LogP contribution in [-0.2, 0) is 10.2 Å². The summed E-state index contributed by atoms with van der Waals surface area (Å²) in [5.74, 6) is -0.748.